The minimum atomic E-state index is -0.412. The zero-order valence-electron chi connectivity index (χ0n) is 14.6. The monoisotopic (exact) mass is 358 g/mol. The van der Waals surface area contributed by atoms with Gasteiger partial charge in [0, 0.05) is 24.6 Å². The van der Waals surface area contributed by atoms with Crippen molar-refractivity contribution in [1.82, 2.24) is 15.5 Å². The van der Waals surface area contributed by atoms with Crippen molar-refractivity contribution in [3.63, 3.8) is 0 Å². The van der Waals surface area contributed by atoms with E-state index in [0.717, 1.165) is 16.9 Å². The van der Waals surface area contributed by atoms with E-state index < -0.39 is 6.03 Å². The maximum absolute atomic E-state index is 12.0. The molecule has 1 aliphatic heterocycles. The summed E-state index contributed by atoms with van der Waals surface area (Å²) in [6, 6.07) is 6.58. The highest BCUT2D eigenvalue weighted by Crippen LogP contribution is 2.37. The summed E-state index contributed by atoms with van der Waals surface area (Å²) < 4.78 is 0. The van der Waals surface area contributed by atoms with E-state index in [0.29, 0.717) is 18.2 Å². The van der Waals surface area contributed by atoms with Gasteiger partial charge in [0.15, 0.2) is 0 Å². The number of hydrogen-bond donors (Lipinski definition) is 3. The average Bonchev–Trinajstić information content (AvgIpc) is 3.26. The zero-order chi connectivity index (χ0) is 18.7. The zero-order valence-corrected chi connectivity index (χ0v) is 14.6. The van der Waals surface area contributed by atoms with Crippen LogP contribution in [-0.4, -0.2) is 41.7 Å². The van der Waals surface area contributed by atoms with Crippen molar-refractivity contribution in [3.8, 4) is 0 Å². The van der Waals surface area contributed by atoms with Crippen LogP contribution in [0.1, 0.15) is 25.3 Å². The van der Waals surface area contributed by atoms with Crippen molar-refractivity contribution < 1.29 is 19.2 Å². The number of nitrogens with one attached hydrogen (secondary N) is 3. The molecule has 3 N–H and O–H groups in total. The van der Waals surface area contributed by atoms with Crippen molar-refractivity contribution in [2.24, 2.45) is 11.8 Å². The Bertz CT molecular complexity index is 732. The summed E-state index contributed by atoms with van der Waals surface area (Å²) in [5, 5.41) is 8.00. The number of amides is 5. The van der Waals surface area contributed by atoms with Gasteiger partial charge in [0.2, 0.25) is 17.7 Å². The Kier molecular flexibility index (Phi) is 5.20. The lowest BCUT2D eigenvalue weighted by atomic mass is 10.2. The van der Waals surface area contributed by atoms with Crippen LogP contribution in [0.25, 0.3) is 0 Å². The smallest absolute Gasteiger partial charge is 0.324 e. The van der Waals surface area contributed by atoms with Gasteiger partial charge >= 0.3 is 6.03 Å². The summed E-state index contributed by atoms with van der Waals surface area (Å²) in [4.78, 5) is 48.1. The molecule has 0 bridgehead atoms. The Labute approximate surface area is 151 Å². The molecule has 2 atom stereocenters. The molecule has 1 saturated carbocycles. The van der Waals surface area contributed by atoms with E-state index in [1.54, 1.807) is 24.3 Å². The Hall–Kier alpha value is -2.90. The van der Waals surface area contributed by atoms with Gasteiger partial charge in [-0.1, -0.05) is 19.1 Å². The summed E-state index contributed by atoms with van der Waals surface area (Å²) in [6.07, 6.45) is 1.10. The van der Waals surface area contributed by atoms with Crippen LogP contribution >= 0.6 is 0 Å². The van der Waals surface area contributed by atoms with Gasteiger partial charge in [-0.15, -0.1) is 0 Å². The van der Waals surface area contributed by atoms with Crippen molar-refractivity contribution in [3.05, 3.63) is 29.8 Å². The van der Waals surface area contributed by atoms with Gasteiger partial charge in [-0.05, 0) is 30.0 Å². The Morgan fingerprint density at radius 3 is 2.73 bits per heavy atom. The number of anilines is 1. The number of imide groups is 1. The molecule has 26 heavy (non-hydrogen) atoms. The predicted octanol–water partition coefficient (Wildman–Crippen LogP) is 0.839. The van der Waals surface area contributed by atoms with E-state index >= 15 is 0 Å². The first-order valence-corrected chi connectivity index (χ1v) is 8.68. The lowest BCUT2D eigenvalue weighted by Gasteiger charge is -2.13. The highest BCUT2D eigenvalue weighted by molar-refractivity contribution is 6.01. The molecule has 2 aliphatic rings. The third-order valence-corrected chi connectivity index (χ3v) is 4.59. The Morgan fingerprint density at radius 2 is 2.08 bits per heavy atom. The minimum Gasteiger partial charge on any atom is -0.355 e. The number of urea groups is 1. The third kappa shape index (κ3) is 4.38. The van der Waals surface area contributed by atoms with Crippen LogP contribution in [0, 0.1) is 11.8 Å². The largest absolute Gasteiger partial charge is 0.355 e. The molecule has 3 rings (SSSR count). The fourth-order valence-corrected chi connectivity index (χ4v) is 2.89. The van der Waals surface area contributed by atoms with Gasteiger partial charge in [-0.3, -0.25) is 19.3 Å². The molecule has 5 amide bonds. The number of rotatable bonds is 7. The van der Waals surface area contributed by atoms with Gasteiger partial charge in [0.1, 0.15) is 0 Å². The lowest BCUT2D eigenvalue weighted by molar-refractivity contribution is -0.125. The summed E-state index contributed by atoms with van der Waals surface area (Å²) in [7, 11) is 0. The van der Waals surface area contributed by atoms with Crippen LogP contribution < -0.4 is 16.0 Å². The van der Waals surface area contributed by atoms with E-state index in [2.05, 4.69) is 16.0 Å². The molecule has 2 unspecified atom stereocenters. The number of nitrogens with zero attached hydrogens (tertiary/aromatic N) is 1. The first-order valence-electron chi connectivity index (χ1n) is 8.68. The van der Waals surface area contributed by atoms with Crippen LogP contribution in [0.2, 0.25) is 0 Å². The van der Waals surface area contributed by atoms with Crippen LogP contribution in [0.5, 0.6) is 0 Å². The number of carbonyl (C=O) groups is 4. The molecule has 1 saturated heterocycles. The Morgan fingerprint density at radius 1 is 1.31 bits per heavy atom. The summed E-state index contributed by atoms with van der Waals surface area (Å²) >= 11 is 0. The van der Waals surface area contributed by atoms with Crippen molar-refractivity contribution in [2.45, 2.75) is 26.3 Å². The molecule has 2 fully saturated rings. The van der Waals surface area contributed by atoms with Crippen molar-refractivity contribution in [1.29, 1.82) is 0 Å². The van der Waals surface area contributed by atoms with Crippen molar-refractivity contribution in [2.75, 3.05) is 18.4 Å². The SMILES string of the molecule is CC1CC1C(=O)NCCC(=O)Nc1cccc(CN2C(=O)CNC2=O)c1. The minimum absolute atomic E-state index is 0.0145. The molecule has 1 heterocycles. The van der Waals surface area contributed by atoms with Gasteiger partial charge in [-0.25, -0.2) is 4.79 Å². The quantitative estimate of drug-likeness (QED) is 0.628. The molecule has 1 aliphatic carbocycles. The van der Waals surface area contributed by atoms with Crippen LogP contribution in [0.4, 0.5) is 10.5 Å². The van der Waals surface area contributed by atoms with E-state index in [4.69, 9.17) is 0 Å². The average molecular weight is 358 g/mol. The maximum Gasteiger partial charge on any atom is 0.324 e. The maximum atomic E-state index is 12.0. The second kappa shape index (κ2) is 7.55. The lowest BCUT2D eigenvalue weighted by Crippen LogP contribution is -2.30. The second-order valence-electron chi connectivity index (χ2n) is 6.75. The summed E-state index contributed by atoms with van der Waals surface area (Å²) in [5.41, 5.74) is 1.32. The molecule has 0 aromatic heterocycles. The van der Waals surface area contributed by atoms with E-state index in [1.807, 2.05) is 6.92 Å². The number of carbonyl (C=O) groups excluding carboxylic acids is 4. The predicted molar refractivity (Wildman–Crippen MR) is 93.9 cm³/mol. The topological polar surface area (TPSA) is 108 Å². The van der Waals surface area contributed by atoms with Gasteiger partial charge in [0.05, 0.1) is 13.1 Å². The van der Waals surface area contributed by atoms with Crippen LogP contribution in [-0.2, 0) is 20.9 Å². The van der Waals surface area contributed by atoms with E-state index in [9.17, 15) is 19.2 Å². The van der Waals surface area contributed by atoms with E-state index in [1.165, 1.54) is 0 Å². The number of hydrogen-bond acceptors (Lipinski definition) is 4. The molecule has 1 aromatic rings. The normalized spacial score (nSPS) is 21.3. The molecule has 8 heteroatoms. The Balaban J connectivity index is 1.47. The molecular weight excluding hydrogens is 336 g/mol. The molecule has 138 valence electrons. The molecule has 0 spiro atoms. The highest BCUT2D eigenvalue weighted by atomic mass is 16.2. The molecule has 1 aromatic carbocycles. The molecule has 0 radical (unpaired) electrons. The first-order chi connectivity index (χ1) is 12.4. The van der Waals surface area contributed by atoms with Gasteiger partial charge in [-0.2, -0.15) is 0 Å². The van der Waals surface area contributed by atoms with Gasteiger partial charge in [0.25, 0.3) is 0 Å². The van der Waals surface area contributed by atoms with Crippen LogP contribution in [0.3, 0.4) is 0 Å². The highest BCUT2D eigenvalue weighted by Gasteiger charge is 2.38. The number of benzene rings is 1. The van der Waals surface area contributed by atoms with Crippen molar-refractivity contribution >= 4 is 29.4 Å². The fraction of sp³-hybridized carbons (Fsp3) is 0.444. The van der Waals surface area contributed by atoms with Gasteiger partial charge < -0.3 is 16.0 Å². The van der Waals surface area contributed by atoms with Crippen LogP contribution in [0.15, 0.2) is 24.3 Å². The summed E-state index contributed by atoms with van der Waals surface area (Å²) in [5.74, 6) is 0.0729. The van der Waals surface area contributed by atoms with E-state index in [-0.39, 0.29) is 43.1 Å². The third-order valence-electron chi connectivity index (χ3n) is 4.59. The standard InChI is InChI=1S/C18H22N4O4/c1-11-7-14(11)17(25)19-6-5-15(23)21-13-4-2-3-12(8-13)10-22-16(24)9-20-18(22)26/h2-4,8,11,14H,5-7,9-10H2,1H3,(H,19,25)(H,20,26)(H,21,23). The summed E-state index contributed by atoms with van der Waals surface area (Å²) in [6.45, 7) is 2.50. The molecule has 8 nitrogen and oxygen atoms in total. The molecular formula is C18H22N4O4. The first kappa shape index (κ1) is 17.9. The second-order valence-corrected chi connectivity index (χ2v) is 6.75. The fourth-order valence-electron chi connectivity index (χ4n) is 2.89.